The number of likely N-dealkylation sites (tertiary alicyclic amines) is 1. The molecule has 2 atom stereocenters. The van der Waals surface area contributed by atoms with Crippen LogP contribution in [0.15, 0.2) is 58.3 Å². The van der Waals surface area contributed by atoms with E-state index in [1.54, 1.807) is 0 Å². The zero-order valence-electron chi connectivity index (χ0n) is 15.7. The molecule has 1 nitrogen and oxygen atoms in total. The molecule has 2 unspecified atom stereocenters. The first kappa shape index (κ1) is 18.5. The SMILES string of the molecule is CC(CCSC1Cc2ccccc2Sc2ccccc21)N1CCCCC1. The van der Waals surface area contributed by atoms with Gasteiger partial charge in [-0.3, -0.25) is 0 Å². The third-order valence-electron chi connectivity index (χ3n) is 5.73. The van der Waals surface area contributed by atoms with Crippen LogP contribution in [0, 0.1) is 0 Å². The van der Waals surface area contributed by atoms with E-state index < -0.39 is 0 Å². The van der Waals surface area contributed by atoms with Crippen LogP contribution in [0.1, 0.15) is 49.0 Å². The molecular weight excluding hydrogens is 354 g/mol. The second-order valence-corrected chi connectivity index (χ2v) is 9.94. The van der Waals surface area contributed by atoms with Gasteiger partial charge in [0.2, 0.25) is 0 Å². The zero-order chi connectivity index (χ0) is 17.8. The summed E-state index contributed by atoms with van der Waals surface area (Å²) < 4.78 is 0. The van der Waals surface area contributed by atoms with Gasteiger partial charge in [-0.15, -0.1) is 0 Å². The fourth-order valence-electron chi connectivity index (χ4n) is 4.11. The first-order valence-electron chi connectivity index (χ1n) is 10.0. The van der Waals surface area contributed by atoms with Gasteiger partial charge in [0.1, 0.15) is 0 Å². The lowest BCUT2D eigenvalue weighted by atomic mass is 10.0. The van der Waals surface area contributed by atoms with E-state index in [9.17, 15) is 0 Å². The first-order chi connectivity index (χ1) is 12.8. The Hall–Kier alpha value is -0.900. The highest BCUT2D eigenvalue weighted by Crippen LogP contribution is 2.45. The molecule has 2 aromatic rings. The maximum atomic E-state index is 2.70. The first-order valence-corrected chi connectivity index (χ1v) is 11.9. The van der Waals surface area contributed by atoms with E-state index in [1.807, 2.05) is 11.8 Å². The van der Waals surface area contributed by atoms with Crippen molar-refractivity contribution in [3.05, 3.63) is 59.7 Å². The highest BCUT2D eigenvalue weighted by atomic mass is 32.2. The maximum absolute atomic E-state index is 2.70. The highest BCUT2D eigenvalue weighted by Gasteiger charge is 2.23. The summed E-state index contributed by atoms with van der Waals surface area (Å²) >= 11 is 4.12. The molecule has 2 aromatic carbocycles. The normalized spacial score (nSPS) is 21.5. The van der Waals surface area contributed by atoms with Gasteiger partial charge in [-0.2, -0.15) is 11.8 Å². The Bertz CT molecular complexity index is 724. The van der Waals surface area contributed by atoms with Gasteiger partial charge < -0.3 is 4.90 Å². The second kappa shape index (κ2) is 8.86. The topological polar surface area (TPSA) is 3.24 Å². The molecule has 2 aliphatic rings. The molecule has 2 aliphatic heterocycles. The van der Waals surface area contributed by atoms with Crippen LogP contribution in [0.5, 0.6) is 0 Å². The minimum atomic E-state index is 0.580. The van der Waals surface area contributed by atoms with Gasteiger partial charge in [0, 0.05) is 21.1 Å². The minimum Gasteiger partial charge on any atom is -0.301 e. The number of thioether (sulfide) groups is 1. The van der Waals surface area contributed by atoms with E-state index in [4.69, 9.17) is 0 Å². The molecule has 0 saturated carbocycles. The lowest BCUT2D eigenvalue weighted by Crippen LogP contribution is -2.37. The Kier molecular flexibility index (Phi) is 6.29. The quantitative estimate of drug-likeness (QED) is 0.585. The molecule has 0 aliphatic carbocycles. The fraction of sp³-hybridized carbons (Fsp3) is 0.478. The third kappa shape index (κ3) is 4.32. The Balaban J connectivity index is 1.43. The Labute approximate surface area is 166 Å². The van der Waals surface area contributed by atoms with Crippen molar-refractivity contribution in [1.29, 1.82) is 0 Å². The predicted molar refractivity (Wildman–Crippen MR) is 115 cm³/mol. The largest absolute Gasteiger partial charge is 0.301 e. The summed E-state index contributed by atoms with van der Waals surface area (Å²) in [6, 6.07) is 18.7. The molecule has 0 radical (unpaired) electrons. The molecule has 1 saturated heterocycles. The average Bonchev–Trinajstić information content (AvgIpc) is 2.85. The molecule has 0 N–H and O–H groups in total. The average molecular weight is 384 g/mol. The number of rotatable bonds is 5. The number of hydrogen-bond acceptors (Lipinski definition) is 3. The summed E-state index contributed by atoms with van der Waals surface area (Å²) in [6.45, 7) is 5.04. The van der Waals surface area contributed by atoms with E-state index in [-0.39, 0.29) is 0 Å². The van der Waals surface area contributed by atoms with Gasteiger partial charge in [-0.25, -0.2) is 0 Å². The molecular formula is C23H29NS2. The summed E-state index contributed by atoms with van der Waals surface area (Å²) in [7, 11) is 0. The second-order valence-electron chi connectivity index (χ2n) is 7.55. The summed E-state index contributed by atoms with van der Waals surface area (Å²) in [5.41, 5.74) is 3.04. The van der Waals surface area contributed by atoms with Crippen molar-refractivity contribution in [2.75, 3.05) is 18.8 Å². The smallest absolute Gasteiger partial charge is 0.0349 e. The summed E-state index contributed by atoms with van der Waals surface area (Å²) in [5, 5.41) is 0.580. The van der Waals surface area contributed by atoms with E-state index in [0.29, 0.717) is 5.25 Å². The highest BCUT2D eigenvalue weighted by molar-refractivity contribution is 8.00. The Morgan fingerprint density at radius 2 is 1.73 bits per heavy atom. The molecule has 0 aromatic heterocycles. The van der Waals surface area contributed by atoms with Crippen LogP contribution in [0.2, 0.25) is 0 Å². The number of hydrogen-bond donors (Lipinski definition) is 0. The summed E-state index contributed by atoms with van der Waals surface area (Å²) in [4.78, 5) is 5.58. The number of piperidine rings is 1. The standard InChI is InChI=1S/C23H29NS2/c1-18(24-14-7-2-8-15-24)13-16-25-23-17-19-9-3-5-11-21(19)26-22-12-6-4-10-20(22)23/h3-6,9-12,18,23H,2,7-8,13-17H2,1H3. The van der Waals surface area contributed by atoms with Gasteiger partial charge in [0.25, 0.3) is 0 Å². The van der Waals surface area contributed by atoms with E-state index in [1.165, 1.54) is 65.4 Å². The molecule has 0 amide bonds. The van der Waals surface area contributed by atoms with Crippen LogP contribution in [0.4, 0.5) is 0 Å². The molecule has 3 heteroatoms. The van der Waals surface area contributed by atoms with Crippen LogP contribution in [-0.4, -0.2) is 29.8 Å². The maximum Gasteiger partial charge on any atom is 0.0349 e. The number of nitrogens with zero attached hydrogens (tertiary/aromatic N) is 1. The Morgan fingerprint density at radius 3 is 2.58 bits per heavy atom. The molecule has 138 valence electrons. The van der Waals surface area contributed by atoms with Crippen molar-refractivity contribution < 1.29 is 0 Å². The summed E-state index contributed by atoms with van der Waals surface area (Å²) in [5.74, 6) is 1.25. The van der Waals surface area contributed by atoms with E-state index in [2.05, 4.69) is 72.1 Å². The molecule has 1 fully saturated rings. The summed E-state index contributed by atoms with van der Waals surface area (Å²) in [6.07, 6.45) is 6.66. The number of fused-ring (bicyclic) bond motifs is 2. The van der Waals surface area contributed by atoms with Gasteiger partial charge in [-0.05, 0) is 74.7 Å². The number of benzene rings is 2. The predicted octanol–water partition coefficient (Wildman–Crippen LogP) is 6.43. The third-order valence-corrected chi connectivity index (χ3v) is 8.24. The minimum absolute atomic E-state index is 0.580. The van der Waals surface area contributed by atoms with Crippen LogP contribution in [0.3, 0.4) is 0 Å². The molecule has 2 heterocycles. The van der Waals surface area contributed by atoms with Crippen molar-refractivity contribution in [3.8, 4) is 0 Å². The van der Waals surface area contributed by atoms with Crippen molar-refractivity contribution in [1.82, 2.24) is 4.90 Å². The van der Waals surface area contributed by atoms with Crippen LogP contribution in [-0.2, 0) is 6.42 Å². The van der Waals surface area contributed by atoms with Crippen molar-refractivity contribution in [2.45, 2.75) is 60.1 Å². The van der Waals surface area contributed by atoms with E-state index >= 15 is 0 Å². The molecule has 4 rings (SSSR count). The molecule has 0 bridgehead atoms. The molecule has 26 heavy (non-hydrogen) atoms. The van der Waals surface area contributed by atoms with Crippen molar-refractivity contribution in [3.63, 3.8) is 0 Å². The van der Waals surface area contributed by atoms with Crippen molar-refractivity contribution >= 4 is 23.5 Å². The van der Waals surface area contributed by atoms with E-state index in [0.717, 1.165) is 12.5 Å². The zero-order valence-corrected chi connectivity index (χ0v) is 17.3. The fourth-order valence-corrected chi connectivity index (χ4v) is 6.77. The van der Waals surface area contributed by atoms with Gasteiger partial charge >= 0.3 is 0 Å². The monoisotopic (exact) mass is 383 g/mol. The Morgan fingerprint density at radius 1 is 1.00 bits per heavy atom. The van der Waals surface area contributed by atoms with Gasteiger partial charge in [0.05, 0.1) is 0 Å². The van der Waals surface area contributed by atoms with Gasteiger partial charge in [-0.1, -0.05) is 54.6 Å². The lowest BCUT2D eigenvalue weighted by Gasteiger charge is -2.32. The van der Waals surface area contributed by atoms with Crippen LogP contribution < -0.4 is 0 Å². The van der Waals surface area contributed by atoms with Gasteiger partial charge in [0.15, 0.2) is 0 Å². The van der Waals surface area contributed by atoms with Crippen LogP contribution in [0.25, 0.3) is 0 Å². The van der Waals surface area contributed by atoms with Crippen molar-refractivity contribution in [2.24, 2.45) is 0 Å². The molecule has 0 spiro atoms. The lowest BCUT2D eigenvalue weighted by molar-refractivity contribution is 0.171. The van der Waals surface area contributed by atoms with Crippen LogP contribution >= 0.6 is 23.5 Å².